The van der Waals surface area contributed by atoms with Gasteiger partial charge in [-0.3, -0.25) is 9.59 Å². The van der Waals surface area contributed by atoms with Gasteiger partial charge in [0, 0.05) is 18.1 Å². The number of rotatable bonds is 8. The van der Waals surface area contributed by atoms with Crippen LogP contribution in [-0.2, 0) is 16.1 Å². The quantitative estimate of drug-likeness (QED) is 0.701. The summed E-state index contributed by atoms with van der Waals surface area (Å²) in [6.07, 6.45) is 0. The molecule has 2 amide bonds. The molecule has 156 valence electrons. The van der Waals surface area contributed by atoms with E-state index in [1.165, 1.54) is 0 Å². The van der Waals surface area contributed by atoms with E-state index in [9.17, 15) is 9.59 Å². The first kappa shape index (κ1) is 22.8. The van der Waals surface area contributed by atoms with Crippen molar-refractivity contribution in [3.8, 4) is 5.75 Å². The summed E-state index contributed by atoms with van der Waals surface area (Å²) in [7, 11) is 0. The van der Waals surface area contributed by atoms with Crippen LogP contribution >= 0.6 is 11.6 Å². The summed E-state index contributed by atoms with van der Waals surface area (Å²) >= 11 is 6.20. The molecule has 29 heavy (non-hydrogen) atoms. The maximum atomic E-state index is 13.0. The Morgan fingerprint density at radius 3 is 2.31 bits per heavy atom. The number of nitrogens with one attached hydrogen (secondary N) is 1. The largest absolute Gasteiger partial charge is 0.484 e. The van der Waals surface area contributed by atoms with Crippen molar-refractivity contribution in [3.05, 3.63) is 63.7 Å². The van der Waals surface area contributed by atoms with Crippen LogP contribution in [0, 0.1) is 20.8 Å². The number of nitrogens with zero attached hydrogens (tertiary/aromatic N) is 1. The van der Waals surface area contributed by atoms with Crippen LogP contribution in [0.4, 0.5) is 0 Å². The number of carbonyl (C=O) groups excluding carboxylic acids is 2. The van der Waals surface area contributed by atoms with Crippen molar-refractivity contribution < 1.29 is 14.3 Å². The van der Waals surface area contributed by atoms with Crippen LogP contribution < -0.4 is 10.1 Å². The number of halogens is 1. The molecule has 0 aliphatic carbocycles. The van der Waals surface area contributed by atoms with Gasteiger partial charge in [0.2, 0.25) is 5.91 Å². The molecule has 2 aromatic rings. The molecule has 0 bridgehead atoms. The van der Waals surface area contributed by atoms with Crippen molar-refractivity contribution in [1.29, 1.82) is 0 Å². The summed E-state index contributed by atoms with van der Waals surface area (Å²) in [6.45, 7) is 10.1. The predicted octanol–water partition coefficient (Wildman–Crippen LogP) is 4.20. The topological polar surface area (TPSA) is 58.6 Å². The zero-order valence-electron chi connectivity index (χ0n) is 17.7. The Hall–Kier alpha value is -2.53. The monoisotopic (exact) mass is 416 g/mol. The molecule has 0 aliphatic heterocycles. The van der Waals surface area contributed by atoms with Crippen LogP contribution in [0.2, 0.25) is 5.02 Å². The highest BCUT2D eigenvalue weighted by molar-refractivity contribution is 6.32. The fourth-order valence-electron chi connectivity index (χ4n) is 3.09. The first-order valence-corrected chi connectivity index (χ1v) is 10.1. The van der Waals surface area contributed by atoms with Crippen LogP contribution in [0.15, 0.2) is 36.4 Å². The molecule has 0 saturated heterocycles. The van der Waals surface area contributed by atoms with Gasteiger partial charge < -0.3 is 15.0 Å². The van der Waals surface area contributed by atoms with Gasteiger partial charge in [-0.1, -0.05) is 35.9 Å². The highest BCUT2D eigenvalue weighted by Crippen LogP contribution is 2.26. The van der Waals surface area contributed by atoms with Gasteiger partial charge in [0.25, 0.3) is 5.91 Å². The summed E-state index contributed by atoms with van der Waals surface area (Å²) < 4.78 is 5.74. The summed E-state index contributed by atoms with van der Waals surface area (Å²) in [5.74, 6) is 0.143. The van der Waals surface area contributed by atoms with E-state index in [1.807, 2.05) is 64.1 Å². The molecular weight excluding hydrogens is 388 g/mol. The molecule has 2 rings (SSSR count). The fraction of sp³-hybridized carbons (Fsp3) is 0.391. The van der Waals surface area contributed by atoms with E-state index in [-0.39, 0.29) is 18.4 Å². The van der Waals surface area contributed by atoms with E-state index in [4.69, 9.17) is 16.3 Å². The van der Waals surface area contributed by atoms with E-state index in [0.717, 1.165) is 22.3 Å². The lowest BCUT2D eigenvalue weighted by Gasteiger charge is -2.29. The number of benzene rings is 2. The number of ether oxygens (including phenoxy) is 1. The lowest BCUT2D eigenvalue weighted by atomic mass is 10.1. The van der Waals surface area contributed by atoms with Gasteiger partial charge in [0.05, 0.1) is 0 Å². The van der Waals surface area contributed by atoms with Gasteiger partial charge in [0.15, 0.2) is 6.61 Å². The van der Waals surface area contributed by atoms with E-state index in [1.54, 1.807) is 11.8 Å². The second-order valence-electron chi connectivity index (χ2n) is 7.18. The lowest BCUT2D eigenvalue weighted by Crippen LogP contribution is -2.49. The van der Waals surface area contributed by atoms with Crippen molar-refractivity contribution in [2.75, 3.05) is 13.2 Å². The third-order valence-corrected chi connectivity index (χ3v) is 5.49. The Labute approximate surface area is 178 Å². The summed E-state index contributed by atoms with van der Waals surface area (Å²) in [4.78, 5) is 27.0. The molecule has 6 heteroatoms. The molecule has 0 unspecified atom stereocenters. The van der Waals surface area contributed by atoms with Gasteiger partial charge in [0.1, 0.15) is 11.8 Å². The molecule has 5 nitrogen and oxygen atoms in total. The first-order valence-electron chi connectivity index (χ1n) is 9.75. The third-order valence-electron chi connectivity index (χ3n) is 4.89. The van der Waals surface area contributed by atoms with Crippen molar-refractivity contribution in [1.82, 2.24) is 10.2 Å². The minimum atomic E-state index is -0.612. The number of aryl methyl sites for hydroxylation is 3. The molecule has 0 fully saturated rings. The number of likely N-dealkylation sites (N-methyl/N-ethyl adjacent to an activating group) is 1. The molecule has 1 atom stereocenters. The second-order valence-corrected chi connectivity index (χ2v) is 7.56. The van der Waals surface area contributed by atoms with Crippen LogP contribution in [-0.4, -0.2) is 35.9 Å². The molecule has 0 radical (unpaired) electrons. The Bertz CT molecular complexity index is 859. The van der Waals surface area contributed by atoms with Gasteiger partial charge in [-0.05, 0) is 69.0 Å². The maximum Gasteiger partial charge on any atom is 0.261 e. The fourth-order valence-corrected chi connectivity index (χ4v) is 3.20. The van der Waals surface area contributed by atoms with Gasteiger partial charge in [-0.25, -0.2) is 0 Å². The van der Waals surface area contributed by atoms with Crippen molar-refractivity contribution in [3.63, 3.8) is 0 Å². The van der Waals surface area contributed by atoms with E-state index in [2.05, 4.69) is 5.32 Å². The number of carbonyl (C=O) groups is 2. The number of hydrogen-bond acceptors (Lipinski definition) is 3. The lowest BCUT2D eigenvalue weighted by molar-refractivity contribution is -0.142. The highest BCUT2D eigenvalue weighted by Gasteiger charge is 2.26. The molecule has 2 aromatic carbocycles. The van der Waals surface area contributed by atoms with E-state index >= 15 is 0 Å². The average molecular weight is 417 g/mol. The normalized spacial score (nSPS) is 11.7. The Balaban J connectivity index is 2.19. The molecule has 0 saturated carbocycles. The van der Waals surface area contributed by atoms with Crippen LogP contribution in [0.25, 0.3) is 0 Å². The van der Waals surface area contributed by atoms with Crippen LogP contribution in [0.5, 0.6) is 5.75 Å². The average Bonchev–Trinajstić information content (AvgIpc) is 2.69. The van der Waals surface area contributed by atoms with Gasteiger partial charge in [-0.15, -0.1) is 0 Å². The van der Waals surface area contributed by atoms with Crippen LogP contribution in [0.1, 0.15) is 36.1 Å². The van der Waals surface area contributed by atoms with Gasteiger partial charge in [-0.2, -0.15) is 0 Å². The van der Waals surface area contributed by atoms with E-state index in [0.29, 0.717) is 23.9 Å². The molecule has 0 heterocycles. The predicted molar refractivity (Wildman–Crippen MR) is 116 cm³/mol. The van der Waals surface area contributed by atoms with E-state index < -0.39 is 6.04 Å². The van der Waals surface area contributed by atoms with Crippen LogP contribution in [0.3, 0.4) is 0 Å². The molecule has 0 aromatic heterocycles. The number of hydrogen-bond donors (Lipinski definition) is 1. The third kappa shape index (κ3) is 5.97. The second kappa shape index (κ2) is 10.3. The SMILES string of the molecule is CCNC(=O)[C@H](C)N(Cc1ccccc1C)C(=O)COc1cc(C)c(Cl)c(C)c1. The molecular formula is C23H29ClN2O3. The molecule has 0 aliphatic rings. The Morgan fingerprint density at radius 1 is 1.10 bits per heavy atom. The number of amides is 2. The zero-order valence-corrected chi connectivity index (χ0v) is 18.5. The minimum absolute atomic E-state index is 0.157. The summed E-state index contributed by atoms with van der Waals surface area (Å²) in [5, 5.41) is 3.48. The molecule has 1 N–H and O–H groups in total. The maximum absolute atomic E-state index is 13.0. The zero-order chi connectivity index (χ0) is 21.6. The van der Waals surface area contributed by atoms with Crippen molar-refractivity contribution >= 4 is 23.4 Å². The highest BCUT2D eigenvalue weighted by atomic mass is 35.5. The standard InChI is InChI=1S/C23H29ClN2O3/c1-6-25-23(28)18(5)26(13-19-10-8-7-9-15(19)2)21(27)14-29-20-11-16(3)22(24)17(4)12-20/h7-12,18H,6,13-14H2,1-5H3,(H,25,28)/t18-/m0/s1. The first-order chi connectivity index (χ1) is 13.7. The minimum Gasteiger partial charge on any atom is -0.484 e. The summed E-state index contributed by atoms with van der Waals surface area (Å²) in [6, 6.07) is 10.8. The van der Waals surface area contributed by atoms with Crippen molar-refractivity contribution in [2.45, 2.75) is 47.2 Å². The van der Waals surface area contributed by atoms with Gasteiger partial charge >= 0.3 is 0 Å². The molecule has 0 spiro atoms. The Morgan fingerprint density at radius 2 is 1.72 bits per heavy atom. The summed E-state index contributed by atoms with van der Waals surface area (Å²) in [5.41, 5.74) is 3.84. The van der Waals surface area contributed by atoms with Crippen molar-refractivity contribution in [2.24, 2.45) is 0 Å². The Kier molecular flexibility index (Phi) is 8.09. The smallest absolute Gasteiger partial charge is 0.261 e.